The summed E-state index contributed by atoms with van der Waals surface area (Å²) in [6.07, 6.45) is 1.59. The third-order valence-electron chi connectivity index (χ3n) is 7.08. The second-order valence-corrected chi connectivity index (χ2v) is 9.09. The molecular formula is C26H30N2O5. The van der Waals surface area contributed by atoms with Crippen molar-refractivity contribution in [3.8, 4) is 11.1 Å². The van der Waals surface area contributed by atoms with Crippen LogP contribution in [0.2, 0.25) is 0 Å². The van der Waals surface area contributed by atoms with Crippen molar-refractivity contribution in [1.29, 1.82) is 0 Å². The van der Waals surface area contributed by atoms with Crippen LogP contribution in [0.1, 0.15) is 56.6 Å². The first kappa shape index (κ1) is 22.8. The quantitative estimate of drug-likeness (QED) is 0.590. The first-order valence-electron chi connectivity index (χ1n) is 11.5. The molecule has 2 amide bonds. The van der Waals surface area contributed by atoms with Gasteiger partial charge in [0.05, 0.1) is 5.92 Å². The molecule has 0 radical (unpaired) electrons. The minimum absolute atomic E-state index is 0.0697. The Morgan fingerprint density at radius 2 is 1.64 bits per heavy atom. The number of aliphatic carboxylic acids is 1. The highest BCUT2D eigenvalue weighted by atomic mass is 16.5. The van der Waals surface area contributed by atoms with E-state index in [0.29, 0.717) is 19.3 Å². The Labute approximate surface area is 193 Å². The highest BCUT2D eigenvalue weighted by molar-refractivity contribution is 5.90. The van der Waals surface area contributed by atoms with Gasteiger partial charge in [-0.2, -0.15) is 0 Å². The molecule has 174 valence electrons. The number of carbonyl (C=O) groups excluding carboxylic acids is 2. The lowest BCUT2D eigenvalue weighted by atomic mass is 9.96. The highest BCUT2D eigenvalue weighted by Gasteiger charge is 2.40. The van der Waals surface area contributed by atoms with Gasteiger partial charge in [0, 0.05) is 12.0 Å². The Morgan fingerprint density at radius 1 is 1.03 bits per heavy atom. The number of amides is 2. The molecule has 0 spiro atoms. The van der Waals surface area contributed by atoms with Gasteiger partial charge in [0.15, 0.2) is 0 Å². The number of hydrogen-bond donors (Lipinski definition) is 3. The zero-order chi connectivity index (χ0) is 23.6. The summed E-state index contributed by atoms with van der Waals surface area (Å²) in [6, 6.07) is 15.8. The number of alkyl carbamates (subject to hydrolysis) is 1. The molecule has 0 aliphatic heterocycles. The van der Waals surface area contributed by atoms with Crippen LogP contribution in [0, 0.1) is 5.92 Å². The molecule has 3 unspecified atom stereocenters. The van der Waals surface area contributed by atoms with E-state index in [4.69, 9.17) is 4.74 Å². The minimum Gasteiger partial charge on any atom is -0.481 e. The summed E-state index contributed by atoms with van der Waals surface area (Å²) in [6.45, 7) is 3.59. The maximum atomic E-state index is 13.0. The molecular weight excluding hydrogens is 420 g/mol. The van der Waals surface area contributed by atoms with Crippen LogP contribution in [0.5, 0.6) is 0 Å². The van der Waals surface area contributed by atoms with E-state index in [-0.39, 0.29) is 12.5 Å². The number of hydrogen-bond acceptors (Lipinski definition) is 4. The fraction of sp³-hybridized carbons (Fsp3) is 0.423. The van der Waals surface area contributed by atoms with Crippen molar-refractivity contribution in [2.24, 2.45) is 5.92 Å². The smallest absolute Gasteiger partial charge is 0.408 e. The number of rotatable bonds is 7. The summed E-state index contributed by atoms with van der Waals surface area (Å²) in [5, 5.41) is 14.9. The fourth-order valence-corrected chi connectivity index (χ4v) is 4.92. The Hall–Kier alpha value is -3.35. The molecule has 4 rings (SSSR count). The molecule has 7 heteroatoms. The van der Waals surface area contributed by atoms with Gasteiger partial charge in [-0.05, 0) is 48.4 Å². The Bertz CT molecular complexity index is 1020. The van der Waals surface area contributed by atoms with E-state index in [1.807, 2.05) is 36.4 Å². The monoisotopic (exact) mass is 450 g/mol. The van der Waals surface area contributed by atoms with Crippen LogP contribution in [0.25, 0.3) is 11.1 Å². The van der Waals surface area contributed by atoms with Gasteiger partial charge >= 0.3 is 12.1 Å². The van der Waals surface area contributed by atoms with Crippen molar-refractivity contribution >= 4 is 18.0 Å². The normalized spacial score (nSPS) is 20.9. The average Bonchev–Trinajstić information content (AvgIpc) is 3.40. The molecule has 2 aliphatic carbocycles. The number of carbonyl (C=O) groups is 3. The number of ether oxygens (including phenoxy) is 1. The lowest BCUT2D eigenvalue weighted by Gasteiger charge is -2.30. The molecule has 0 bridgehead atoms. The van der Waals surface area contributed by atoms with Crippen molar-refractivity contribution < 1.29 is 24.2 Å². The lowest BCUT2D eigenvalue weighted by Crippen LogP contribution is -2.59. The molecule has 2 aromatic carbocycles. The largest absolute Gasteiger partial charge is 0.481 e. The maximum Gasteiger partial charge on any atom is 0.408 e. The molecule has 2 aliphatic rings. The predicted molar refractivity (Wildman–Crippen MR) is 124 cm³/mol. The van der Waals surface area contributed by atoms with E-state index in [1.165, 1.54) is 0 Å². The first-order valence-corrected chi connectivity index (χ1v) is 11.5. The molecule has 1 fully saturated rings. The molecule has 3 N–H and O–H groups in total. The molecule has 33 heavy (non-hydrogen) atoms. The van der Waals surface area contributed by atoms with E-state index in [1.54, 1.807) is 13.8 Å². The number of nitrogens with one attached hydrogen (secondary N) is 2. The summed E-state index contributed by atoms with van der Waals surface area (Å²) in [5.41, 5.74) is 3.31. The molecule has 7 nitrogen and oxygen atoms in total. The summed E-state index contributed by atoms with van der Waals surface area (Å²) in [4.78, 5) is 37.1. The SMILES string of the molecule is CCC(C)(NC(=O)OCC1c2ccccc2-c2ccccc21)C(=O)NC1CCCC1C(=O)O. The van der Waals surface area contributed by atoms with Gasteiger partial charge in [0.2, 0.25) is 5.91 Å². The standard InChI is InChI=1S/C26H30N2O5/c1-3-26(2,24(31)27-22-14-8-13-20(22)23(29)30)28-25(32)33-15-21-18-11-6-4-9-16(18)17-10-5-7-12-19(17)21/h4-7,9-12,20-22H,3,8,13-15H2,1-2H3,(H,27,31)(H,28,32)(H,29,30). The van der Waals surface area contributed by atoms with Crippen LogP contribution >= 0.6 is 0 Å². The first-order chi connectivity index (χ1) is 15.8. The Morgan fingerprint density at radius 3 is 2.21 bits per heavy atom. The van der Waals surface area contributed by atoms with Gasteiger partial charge in [-0.25, -0.2) is 4.79 Å². The summed E-state index contributed by atoms with van der Waals surface area (Å²) < 4.78 is 5.59. The highest BCUT2D eigenvalue weighted by Crippen LogP contribution is 2.44. The van der Waals surface area contributed by atoms with Crippen LogP contribution in [0.15, 0.2) is 48.5 Å². The number of carboxylic acid groups (broad SMARTS) is 1. The number of carboxylic acids is 1. The van der Waals surface area contributed by atoms with E-state index in [9.17, 15) is 19.5 Å². The second-order valence-electron chi connectivity index (χ2n) is 9.09. The van der Waals surface area contributed by atoms with Crippen LogP contribution < -0.4 is 10.6 Å². The second kappa shape index (κ2) is 9.25. The minimum atomic E-state index is -1.20. The van der Waals surface area contributed by atoms with Crippen molar-refractivity contribution in [3.05, 3.63) is 59.7 Å². The lowest BCUT2D eigenvalue weighted by molar-refractivity contribution is -0.142. The zero-order valence-corrected chi connectivity index (χ0v) is 19.0. The molecule has 1 saturated carbocycles. The summed E-state index contributed by atoms with van der Waals surface area (Å²) in [7, 11) is 0. The van der Waals surface area contributed by atoms with E-state index in [0.717, 1.165) is 28.7 Å². The van der Waals surface area contributed by atoms with E-state index in [2.05, 4.69) is 22.8 Å². The summed E-state index contributed by atoms with van der Waals surface area (Å²) >= 11 is 0. The van der Waals surface area contributed by atoms with Crippen LogP contribution in [0.4, 0.5) is 4.79 Å². The van der Waals surface area contributed by atoms with Gasteiger partial charge in [-0.3, -0.25) is 9.59 Å². The van der Waals surface area contributed by atoms with Gasteiger partial charge in [-0.1, -0.05) is 61.9 Å². The number of benzene rings is 2. The molecule has 0 aromatic heterocycles. The average molecular weight is 451 g/mol. The third kappa shape index (κ3) is 4.45. The van der Waals surface area contributed by atoms with Gasteiger partial charge in [0.1, 0.15) is 12.1 Å². The van der Waals surface area contributed by atoms with Crippen LogP contribution in [-0.2, 0) is 14.3 Å². The zero-order valence-electron chi connectivity index (χ0n) is 19.0. The third-order valence-corrected chi connectivity index (χ3v) is 7.08. The topological polar surface area (TPSA) is 105 Å². The molecule has 0 heterocycles. The number of fused-ring (bicyclic) bond motifs is 3. The van der Waals surface area contributed by atoms with Crippen molar-refractivity contribution in [2.45, 2.75) is 57.0 Å². The maximum absolute atomic E-state index is 13.0. The molecule has 0 saturated heterocycles. The van der Waals surface area contributed by atoms with Gasteiger partial charge in [-0.15, -0.1) is 0 Å². The Balaban J connectivity index is 1.40. The summed E-state index contributed by atoms with van der Waals surface area (Å²) in [5.74, 6) is -1.96. The van der Waals surface area contributed by atoms with Crippen molar-refractivity contribution in [2.75, 3.05) is 6.61 Å². The van der Waals surface area contributed by atoms with Crippen molar-refractivity contribution in [1.82, 2.24) is 10.6 Å². The van der Waals surface area contributed by atoms with Crippen LogP contribution in [0.3, 0.4) is 0 Å². The predicted octanol–water partition coefficient (Wildman–Crippen LogP) is 4.06. The Kier molecular flexibility index (Phi) is 6.40. The van der Waals surface area contributed by atoms with Gasteiger partial charge in [0.25, 0.3) is 0 Å². The van der Waals surface area contributed by atoms with Gasteiger partial charge < -0.3 is 20.5 Å². The van der Waals surface area contributed by atoms with Crippen LogP contribution in [-0.4, -0.2) is 41.3 Å². The van der Waals surface area contributed by atoms with Crippen molar-refractivity contribution in [3.63, 3.8) is 0 Å². The van der Waals surface area contributed by atoms with E-state index >= 15 is 0 Å². The fourth-order valence-electron chi connectivity index (χ4n) is 4.92. The molecule has 2 aromatic rings. The molecule has 3 atom stereocenters. The van der Waals surface area contributed by atoms with E-state index < -0.39 is 35.5 Å².